The Labute approximate surface area is 155 Å². The van der Waals surface area contributed by atoms with Gasteiger partial charge in [-0.2, -0.15) is 5.26 Å². The van der Waals surface area contributed by atoms with Crippen LogP contribution in [0.3, 0.4) is 0 Å². The van der Waals surface area contributed by atoms with Crippen LogP contribution >= 0.6 is 0 Å². The number of methoxy groups -OCH3 is 1. The van der Waals surface area contributed by atoms with Crippen LogP contribution in [0.2, 0.25) is 0 Å². The van der Waals surface area contributed by atoms with Gasteiger partial charge in [0.25, 0.3) is 0 Å². The Kier molecular flexibility index (Phi) is 4.85. The highest BCUT2D eigenvalue weighted by Gasteiger charge is 2.48. The van der Waals surface area contributed by atoms with Crippen LogP contribution in [0.15, 0.2) is 30.5 Å². The summed E-state index contributed by atoms with van der Waals surface area (Å²) in [6.07, 6.45) is 1.28. The molecule has 2 aliphatic heterocycles. The van der Waals surface area contributed by atoms with Crippen molar-refractivity contribution < 1.29 is 19.0 Å². The molecule has 0 unspecified atom stereocenters. The summed E-state index contributed by atoms with van der Waals surface area (Å²) >= 11 is 0. The van der Waals surface area contributed by atoms with Gasteiger partial charge in [-0.05, 0) is 17.7 Å². The van der Waals surface area contributed by atoms with Gasteiger partial charge in [0.15, 0.2) is 5.69 Å². The van der Waals surface area contributed by atoms with E-state index in [9.17, 15) is 4.79 Å². The molecular formula is C18H19N5O4. The quantitative estimate of drug-likeness (QED) is 0.756. The van der Waals surface area contributed by atoms with Crippen LogP contribution in [-0.4, -0.2) is 59.5 Å². The van der Waals surface area contributed by atoms with Gasteiger partial charge in [-0.3, -0.25) is 0 Å². The Morgan fingerprint density at radius 2 is 2.26 bits per heavy atom. The molecule has 3 heterocycles. The van der Waals surface area contributed by atoms with Crippen LogP contribution in [0.4, 0.5) is 0 Å². The highest BCUT2D eigenvalue weighted by atomic mass is 16.6. The third-order valence-corrected chi connectivity index (χ3v) is 4.90. The molecular weight excluding hydrogens is 350 g/mol. The van der Waals surface area contributed by atoms with Crippen LogP contribution < -0.4 is 5.32 Å². The summed E-state index contributed by atoms with van der Waals surface area (Å²) in [6, 6.07) is 9.53. The first-order chi connectivity index (χ1) is 13.2. The molecule has 9 nitrogen and oxygen atoms in total. The van der Waals surface area contributed by atoms with E-state index in [0.717, 1.165) is 5.56 Å². The number of carbonyl (C=O) groups excluding carboxylic acids is 1. The molecule has 0 saturated carbocycles. The van der Waals surface area contributed by atoms with Crippen molar-refractivity contribution in [3.8, 4) is 6.07 Å². The summed E-state index contributed by atoms with van der Waals surface area (Å²) in [5.41, 5.74) is 1.83. The van der Waals surface area contributed by atoms with Gasteiger partial charge in [-0.1, -0.05) is 17.3 Å². The number of benzene rings is 1. The average Bonchev–Trinajstić information content (AvgIpc) is 3.42. The van der Waals surface area contributed by atoms with Gasteiger partial charge >= 0.3 is 5.97 Å². The average molecular weight is 369 g/mol. The molecule has 0 amide bonds. The molecule has 0 radical (unpaired) electrons. The lowest BCUT2D eigenvalue weighted by Gasteiger charge is -2.18. The summed E-state index contributed by atoms with van der Waals surface area (Å²) in [5.74, 6) is -0.525. The molecule has 2 saturated heterocycles. The van der Waals surface area contributed by atoms with E-state index in [2.05, 4.69) is 26.4 Å². The van der Waals surface area contributed by atoms with Crippen LogP contribution in [0.1, 0.15) is 27.7 Å². The van der Waals surface area contributed by atoms with Crippen molar-refractivity contribution in [2.45, 2.75) is 30.8 Å². The molecule has 1 aromatic carbocycles. The van der Waals surface area contributed by atoms with Crippen molar-refractivity contribution in [2.75, 3.05) is 20.3 Å². The number of nitrogens with zero attached hydrogens (tertiary/aromatic N) is 4. The highest BCUT2D eigenvalue weighted by molar-refractivity contribution is 5.86. The van der Waals surface area contributed by atoms with E-state index in [1.807, 2.05) is 18.2 Å². The molecule has 4 rings (SSSR count). The number of rotatable bonds is 5. The number of hydrogen-bond acceptors (Lipinski definition) is 8. The predicted molar refractivity (Wildman–Crippen MR) is 91.7 cm³/mol. The number of aromatic nitrogens is 3. The van der Waals surface area contributed by atoms with Crippen molar-refractivity contribution >= 4 is 5.97 Å². The van der Waals surface area contributed by atoms with Gasteiger partial charge in [0.2, 0.25) is 0 Å². The van der Waals surface area contributed by atoms with Crippen molar-refractivity contribution in [3.63, 3.8) is 0 Å². The van der Waals surface area contributed by atoms with E-state index in [1.165, 1.54) is 7.11 Å². The van der Waals surface area contributed by atoms with E-state index >= 15 is 0 Å². The van der Waals surface area contributed by atoms with Crippen molar-refractivity contribution in [1.29, 1.82) is 5.26 Å². The summed E-state index contributed by atoms with van der Waals surface area (Å²) in [7, 11) is 1.30. The van der Waals surface area contributed by atoms with Crippen LogP contribution in [0.25, 0.3) is 0 Å². The smallest absolute Gasteiger partial charge is 0.360 e. The van der Waals surface area contributed by atoms with Crippen molar-refractivity contribution in [1.82, 2.24) is 20.3 Å². The maximum atomic E-state index is 11.6. The molecule has 2 aliphatic rings. The predicted octanol–water partition coefficient (Wildman–Crippen LogP) is 0.433. The Morgan fingerprint density at radius 3 is 3.07 bits per heavy atom. The zero-order valence-corrected chi connectivity index (χ0v) is 14.7. The van der Waals surface area contributed by atoms with Crippen LogP contribution in [0, 0.1) is 11.3 Å². The maximum absolute atomic E-state index is 11.6. The maximum Gasteiger partial charge on any atom is 0.360 e. The molecule has 2 aromatic rings. The number of esters is 1. The van der Waals surface area contributed by atoms with Gasteiger partial charge in [-0.15, -0.1) is 5.10 Å². The summed E-state index contributed by atoms with van der Waals surface area (Å²) in [6.45, 7) is 1.57. The summed E-state index contributed by atoms with van der Waals surface area (Å²) in [5, 5.41) is 20.3. The third-order valence-electron chi connectivity index (χ3n) is 4.90. The van der Waals surface area contributed by atoms with Crippen LogP contribution in [-0.2, 0) is 20.8 Å². The fourth-order valence-corrected chi connectivity index (χ4v) is 3.52. The minimum absolute atomic E-state index is 0.0364. The highest BCUT2D eigenvalue weighted by Crippen LogP contribution is 2.34. The molecule has 0 bridgehead atoms. The molecule has 1 N–H and O–H groups in total. The van der Waals surface area contributed by atoms with E-state index in [1.54, 1.807) is 16.9 Å². The number of nitrogens with one attached hydrogen (secondary N) is 1. The van der Waals surface area contributed by atoms with Crippen molar-refractivity contribution in [3.05, 3.63) is 47.3 Å². The second kappa shape index (κ2) is 7.44. The molecule has 4 atom stereocenters. The Hall–Kier alpha value is -2.80. The molecule has 140 valence electrons. The van der Waals surface area contributed by atoms with E-state index in [-0.39, 0.29) is 30.0 Å². The molecule has 0 aliphatic carbocycles. The topological polar surface area (TPSA) is 111 Å². The number of hydrogen-bond donors (Lipinski definition) is 1. The number of ether oxygens (including phenoxy) is 3. The second-order valence-electron chi connectivity index (χ2n) is 6.54. The minimum atomic E-state index is -0.525. The van der Waals surface area contributed by atoms with E-state index in [0.29, 0.717) is 25.3 Å². The SMILES string of the molecule is COC(=O)c1cn([C@@H]2CO[C@@H]3[C@@H]2OC[C@@H]3NCc2cccc(C#N)c2)nn1. The fourth-order valence-electron chi connectivity index (χ4n) is 3.52. The standard InChI is InChI=1S/C18H19N5O4/c1-25-18(24)13-8-23(22-21-13)15-10-27-16-14(9-26-17(15)16)20-7-12-4-2-3-11(5-12)6-19/h2-5,8,14-17,20H,7,9-10H2,1H3/t14-,15+,16-,17+/m0/s1. The molecule has 9 heteroatoms. The number of nitriles is 1. The fraction of sp³-hybridized carbons (Fsp3) is 0.444. The van der Waals surface area contributed by atoms with Gasteiger partial charge in [0.1, 0.15) is 18.2 Å². The van der Waals surface area contributed by atoms with Crippen molar-refractivity contribution in [2.24, 2.45) is 0 Å². The second-order valence-corrected chi connectivity index (χ2v) is 6.54. The van der Waals surface area contributed by atoms with E-state index < -0.39 is 5.97 Å². The largest absolute Gasteiger partial charge is 0.464 e. The molecule has 27 heavy (non-hydrogen) atoms. The lowest BCUT2D eigenvalue weighted by Crippen LogP contribution is -2.40. The van der Waals surface area contributed by atoms with Gasteiger partial charge in [-0.25, -0.2) is 9.48 Å². The first-order valence-corrected chi connectivity index (χ1v) is 8.65. The first-order valence-electron chi connectivity index (χ1n) is 8.65. The lowest BCUT2D eigenvalue weighted by molar-refractivity contribution is 0.0592. The lowest BCUT2D eigenvalue weighted by atomic mass is 10.1. The Balaban J connectivity index is 1.39. The zero-order chi connectivity index (χ0) is 18.8. The molecule has 0 spiro atoms. The van der Waals surface area contributed by atoms with Gasteiger partial charge in [0.05, 0.1) is 44.2 Å². The zero-order valence-electron chi connectivity index (χ0n) is 14.7. The molecule has 1 aromatic heterocycles. The van der Waals surface area contributed by atoms with E-state index in [4.69, 9.17) is 14.7 Å². The third kappa shape index (κ3) is 3.42. The first kappa shape index (κ1) is 17.6. The summed E-state index contributed by atoms with van der Waals surface area (Å²) < 4.78 is 18.1. The Morgan fingerprint density at radius 1 is 1.41 bits per heavy atom. The minimum Gasteiger partial charge on any atom is -0.464 e. The summed E-state index contributed by atoms with van der Waals surface area (Å²) in [4.78, 5) is 11.6. The normalized spacial score (nSPS) is 26.5. The van der Waals surface area contributed by atoms with Crippen LogP contribution in [0.5, 0.6) is 0 Å². The van der Waals surface area contributed by atoms with Gasteiger partial charge in [0, 0.05) is 6.54 Å². The van der Waals surface area contributed by atoms with Gasteiger partial charge < -0.3 is 19.5 Å². The Bertz CT molecular complexity index is 877. The molecule has 2 fully saturated rings. The number of carbonyl (C=O) groups is 1. The monoisotopic (exact) mass is 369 g/mol. The number of fused-ring (bicyclic) bond motifs is 1.